The largest absolute Gasteiger partial charge is 0.425 e. The Hall–Kier alpha value is -2.79. The van der Waals surface area contributed by atoms with Gasteiger partial charge in [-0.1, -0.05) is 66.7 Å². The number of benzene rings is 2. The Kier molecular flexibility index (Phi) is 4.63. The van der Waals surface area contributed by atoms with Crippen LogP contribution in [0.1, 0.15) is 21.8 Å². The third-order valence-electron chi connectivity index (χ3n) is 4.56. The average molecular weight is 363 g/mol. The van der Waals surface area contributed by atoms with Crippen molar-refractivity contribution in [3.8, 4) is 0 Å². The van der Waals surface area contributed by atoms with E-state index in [1.165, 1.54) is 12.5 Å². The number of nitrogens with zero attached hydrogens (tertiary/aromatic N) is 1. The second-order valence-electron chi connectivity index (χ2n) is 6.13. The number of carbonyl (C=O) groups is 1. The fourth-order valence-corrected chi connectivity index (χ4v) is 4.49. The maximum atomic E-state index is 13.0. The minimum Gasteiger partial charge on any atom is -0.416 e. The quantitative estimate of drug-likeness (QED) is 0.697. The van der Waals surface area contributed by atoms with Crippen LogP contribution in [0, 0.1) is 5.92 Å². The van der Waals surface area contributed by atoms with E-state index in [4.69, 9.17) is 4.42 Å². The highest BCUT2D eigenvalue weighted by molar-refractivity contribution is 8.08. The van der Waals surface area contributed by atoms with Crippen LogP contribution in [0.4, 0.5) is 0 Å². The van der Waals surface area contributed by atoms with Crippen molar-refractivity contribution in [3.63, 3.8) is 0 Å². The Labute approximate surface area is 155 Å². The molecule has 1 aliphatic rings. The van der Waals surface area contributed by atoms with Crippen LogP contribution in [-0.4, -0.2) is 16.2 Å². The summed E-state index contributed by atoms with van der Waals surface area (Å²) in [6.07, 6.45) is 4.79. The van der Waals surface area contributed by atoms with Crippen LogP contribution in [0.3, 0.4) is 0 Å². The van der Waals surface area contributed by atoms with Crippen LogP contribution in [0.2, 0.25) is 0 Å². The van der Waals surface area contributed by atoms with Crippen molar-refractivity contribution < 1.29 is 9.21 Å². The molecule has 0 unspecified atom stereocenters. The van der Waals surface area contributed by atoms with Crippen molar-refractivity contribution in [2.24, 2.45) is 5.92 Å². The van der Waals surface area contributed by atoms with Crippen LogP contribution >= 0.6 is 11.8 Å². The monoisotopic (exact) mass is 363 g/mol. The SMILES string of the molecule is O=C([C@@H]1CSC(c2ccccc2)=C[C@@H]1c1ccccc1)n1ccoc1=O. The number of hydrogen-bond donors (Lipinski definition) is 0. The molecule has 5 heteroatoms. The van der Waals surface area contributed by atoms with Crippen molar-refractivity contribution in [3.05, 3.63) is 101 Å². The van der Waals surface area contributed by atoms with Crippen molar-refractivity contribution in [2.75, 3.05) is 5.75 Å². The van der Waals surface area contributed by atoms with Crippen molar-refractivity contribution in [1.82, 2.24) is 4.57 Å². The van der Waals surface area contributed by atoms with Crippen LogP contribution in [0.5, 0.6) is 0 Å². The first-order chi connectivity index (χ1) is 12.7. The fourth-order valence-electron chi connectivity index (χ4n) is 3.23. The highest BCUT2D eigenvalue weighted by Crippen LogP contribution is 2.42. The molecule has 1 aliphatic heterocycles. The molecule has 4 rings (SSSR count). The topological polar surface area (TPSA) is 52.2 Å². The molecule has 2 aromatic carbocycles. The summed E-state index contributed by atoms with van der Waals surface area (Å²) in [5.74, 6) is -0.679. The highest BCUT2D eigenvalue weighted by atomic mass is 32.2. The van der Waals surface area contributed by atoms with Gasteiger partial charge in [0.15, 0.2) is 0 Å². The predicted octanol–water partition coefficient (Wildman–Crippen LogP) is 4.27. The third kappa shape index (κ3) is 3.18. The maximum absolute atomic E-state index is 13.0. The summed E-state index contributed by atoms with van der Waals surface area (Å²) in [6, 6.07) is 20.1. The van der Waals surface area contributed by atoms with Gasteiger partial charge in [0.25, 0.3) is 0 Å². The van der Waals surface area contributed by atoms with Crippen LogP contribution in [0.25, 0.3) is 4.91 Å². The normalized spacial score (nSPS) is 19.8. The van der Waals surface area contributed by atoms with E-state index < -0.39 is 5.76 Å². The molecule has 3 aromatic rings. The van der Waals surface area contributed by atoms with Gasteiger partial charge in [-0.25, -0.2) is 9.36 Å². The molecule has 0 fully saturated rings. The van der Waals surface area contributed by atoms with E-state index in [2.05, 4.69) is 18.2 Å². The summed E-state index contributed by atoms with van der Waals surface area (Å²) >= 11 is 1.65. The summed E-state index contributed by atoms with van der Waals surface area (Å²) in [7, 11) is 0. The number of oxazole rings is 1. The summed E-state index contributed by atoms with van der Waals surface area (Å²) in [6.45, 7) is 0. The van der Waals surface area contributed by atoms with E-state index in [0.29, 0.717) is 5.75 Å². The molecule has 0 bridgehead atoms. The van der Waals surface area contributed by atoms with E-state index in [1.807, 2.05) is 48.5 Å². The summed E-state index contributed by atoms with van der Waals surface area (Å²) in [4.78, 5) is 25.9. The summed E-state index contributed by atoms with van der Waals surface area (Å²) < 4.78 is 5.84. The van der Waals surface area contributed by atoms with Crippen molar-refractivity contribution in [2.45, 2.75) is 5.92 Å². The first-order valence-corrected chi connectivity index (χ1v) is 9.38. The van der Waals surface area contributed by atoms with Gasteiger partial charge in [-0.05, 0) is 11.1 Å². The average Bonchev–Trinajstić information content (AvgIpc) is 3.14. The molecule has 0 N–H and O–H groups in total. The number of allylic oxidation sites excluding steroid dienone is 1. The van der Waals surface area contributed by atoms with Gasteiger partial charge in [-0.2, -0.15) is 0 Å². The lowest BCUT2D eigenvalue weighted by Crippen LogP contribution is -2.34. The molecular weight excluding hydrogens is 346 g/mol. The lowest BCUT2D eigenvalue weighted by molar-refractivity contribution is 0.0829. The molecular formula is C21H17NO3S. The number of thioether (sulfide) groups is 1. The lowest BCUT2D eigenvalue weighted by atomic mass is 9.85. The Morgan fingerprint density at radius 3 is 2.38 bits per heavy atom. The Morgan fingerprint density at radius 2 is 1.73 bits per heavy atom. The molecule has 130 valence electrons. The van der Waals surface area contributed by atoms with Crippen molar-refractivity contribution >= 4 is 22.6 Å². The van der Waals surface area contributed by atoms with Crippen LogP contribution < -0.4 is 5.76 Å². The third-order valence-corrected chi connectivity index (χ3v) is 5.76. The molecule has 0 radical (unpaired) electrons. The molecule has 0 saturated heterocycles. The van der Waals surface area contributed by atoms with Gasteiger partial charge >= 0.3 is 5.76 Å². The molecule has 4 nitrogen and oxygen atoms in total. The Bertz CT molecular complexity index is 989. The minimum absolute atomic E-state index is 0.0954. The smallest absolute Gasteiger partial charge is 0.416 e. The highest BCUT2D eigenvalue weighted by Gasteiger charge is 2.34. The summed E-state index contributed by atoms with van der Waals surface area (Å²) in [5.41, 5.74) is 2.21. The standard InChI is InChI=1S/C21H17NO3S/c23-20(22-11-12-25-21(22)24)18-14-26-19(16-9-5-2-6-10-16)13-17(18)15-7-3-1-4-8-15/h1-13,17-18H,14H2/t17-,18-/m1/s1. The van der Waals surface area contributed by atoms with Crippen LogP contribution in [0.15, 0.2) is 88.4 Å². The van der Waals surface area contributed by atoms with Gasteiger partial charge < -0.3 is 4.42 Å². The summed E-state index contributed by atoms with van der Waals surface area (Å²) in [5, 5.41) is 0. The van der Waals surface area contributed by atoms with Gasteiger partial charge in [0.2, 0.25) is 5.91 Å². The fraction of sp³-hybridized carbons (Fsp3) is 0.143. The van der Waals surface area contributed by atoms with E-state index in [1.54, 1.807) is 11.8 Å². The van der Waals surface area contributed by atoms with Crippen molar-refractivity contribution in [1.29, 1.82) is 0 Å². The zero-order valence-electron chi connectivity index (χ0n) is 13.9. The molecule has 0 amide bonds. The number of hydrogen-bond acceptors (Lipinski definition) is 4. The van der Waals surface area contributed by atoms with Gasteiger partial charge in [0, 0.05) is 16.6 Å². The second-order valence-corrected chi connectivity index (χ2v) is 7.19. The van der Waals surface area contributed by atoms with E-state index in [-0.39, 0.29) is 17.7 Å². The molecule has 2 heterocycles. The Balaban J connectivity index is 1.75. The number of rotatable bonds is 3. The molecule has 0 aliphatic carbocycles. The molecule has 1 aromatic heterocycles. The first kappa shape index (κ1) is 16.7. The second kappa shape index (κ2) is 7.22. The van der Waals surface area contributed by atoms with Gasteiger partial charge in [0.1, 0.15) is 6.26 Å². The van der Waals surface area contributed by atoms with Gasteiger partial charge in [-0.15, -0.1) is 11.8 Å². The number of aromatic nitrogens is 1. The molecule has 0 saturated carbocycles. The molecule has 0 spiro atoms. The Morgan fingerprint density at radius 1 is 1.04 bits per heavy atom. The molecule has 26 heavy (non-hydrogen) atoms. The van der Waals surface area contributed by atoms with Gasteiger partial charge in [0.05, 0.1) is 12.1 Å². The zero-order valence-corrected chi connectivity index (χ0v) is 14.8. The van der Waals surface area contributed by atoms with E-state index >= 15 is 0 Å². The maximum Gasteiger partial charge on any atom is 0.425 e. The van der Waals surface area contributed by atoms with Crippen LogP contribution in [-0.2, 0) is 0 Å². The minimum atomic E-state index is -0.635. The van der Waals surface area contributed by atoms with E-state index in [9.17, 15) is 9.59 Å². The van der Waals surface area contributed by atoms with Gasteiger partial charge in [-0.3, -0.25) is 4.79 Å². The van der Waals surface area contributed by atoms with E-state index in [0.717, 1.165) is 20.6 Å². The first-order valence-electron chi connectivity index (χ1n) is 8.39. The predicted molar refractivity (Wildman–Crippen MR) is 103 cm³/mol. The molecule has 2 atom stereocenters. The zero-order chi connectivity index (χ0) is 17.9. The number of carbonyl (C=O) groups excluding carboxylic acids is 1. The lowest BCUT2D eigenvalue weighted by Gasteiger charge is -2.29.